The average molecular weight is 160 g/mol. The van der Waals surface area contributed by atoms with Gasteiger partial charge in [-0.15, -0.1) is 0 Å². The van der Waals surface area contributed by atoms with Gasteiger partial charge < -0.3 is 15.7 Å². The number of rotatable bonds is 2. The molecule has 0 heterocycles. The third-order valence-electron chi connectivity index (χ3n) is 1.09. The summed E-state index contributed by atoms with van der Waals surface area (Å²) in [5, 5.41) is 13.5. The lowest BCUT2D eigenvalue weighted by Gasteiger charge is -2.21. The number of carbonyl (C=O) groups excluding carboxylic acids is 2. The highest BCUT2D eigenvalue weighted by Crippen LogP contribution is 1.96. The number of carbonyl (C=O) groups is 2. The first-order valence-electron chi connectivity index (χ1n) is 3.13. The molecular weight excluding hydrogens is 148 g/mol. The lowest BCUT2D eigenvalue weighted by atomic mass is 10.2. The molecule has 0 rings (SSSR count). The largest absolute Gasteiger partial charge is 0.363 e. The summed E-state index contributed by atoms with van der Waals surface area (Å²) >= 11 is 0. The molecule has 0 aromatic heterocycles. The van der Waals surface area contributed by atoms with Crippen LogP contribution in [-0.4, -0.2) is 29.7 Å². The quantitative estimate of drug-likeness (QED) is 0.434. The van der Waals surface area contributed by atoms with Crippen molar-refractivity contribution in [2.24, 2.45) is 0 Å². The number of likely N-dealkylation sites (N-methyl/N-ethyl adjacent to an activating group) is 1. The summed E-state index contributed by atoms with van der Waals surface area (Å²) in [6.07, 6.45) is 0. The normalized spacial score (nSPS) is 14.9. The summed E-state index contributed by atoms with van der Waals surface area (Å²) in [6.45, 7) is 2.42. The number of hydrogen-bond acceptors (Lipinski definition) is 3. The lowest BCUT2D eigenvalue weighted by Crippen LogP contribution is -2.55. The molecule has 3 N–H and O–H groups in total. The first-order valence-corrected chi connectivity index (χ1v) is 3.13. The molecular formula is C6H12N2O3. The highest BCUT2D eigenvalue weighted by Gasteiger charge is 2.29. The van der Waals surface area contributed by atoms with Crippen LogP contribution < -0.4 is 10.6 Å². The van der Waals surface area contributed by atoms with E-state index in [1.165, 1.54) is 20.9 Å². The van der Waals surface area contributed by atoms with Crippen LogP contribution in [-0.2, 0) is 9.59 Å². The molecule has 1 atom stereocenters. The molecule has 0 radical (unpaired) electrons. The van der Waals surface area contributed by atoms with Gasteiger partial charge in [-0.3, -0.25) is 9.59 Å². The van der Waals surface area contributed by atoms with Gasteiger partial charge in [0.1, 0.15) is 0 Å². The second kappa shape index (κ2) is 3.34. The van der Waals surface area contributed by atoms with Crippen molar-refractivity contribution in [1.29, 1.82) is 0 Å². The number of aliphatic hydroxyl groups is 1. The van der Waals surface area contributed by atoms with Crippen LogP contribution in [0.3, 0.4) is 0 Å². The molecule has 0 saturated carbocycles. The second-order valence-electron chi connectivity index (χ2n) is 2.33. The third kappa shape index (κ3) is 2.99. The van der Waals surface area contributed by atoms with E-state index in [-0.39, 0.29) is 0 Å². The average Bonchev–Trinajstić information content (AvgIpc) is 1.83. The van der Waals surface area contributed by atoms with E-state index in [1.807, 2.05) is 0 Å². The Bertz CT molecular complexity index is 177. The van der Waals surface area contributed by atoms with Crippen LogP contribution in [0.5, 0.6) is 0 Å². The van der Waals surface area contributed by atoms with Gasteiger partial charge in [0.25, 0.3) is 5.91 Å². The summed E-state index contributed by atoms with van der Waals surface area (Å²) in [6, 6.07) is 0. The Morgan fingerprint density at radius 2 is 1.91 bits per heavy atom. The van der Waals surface area contributed by atoms with Gasteiger partial charge in [-0.05, 0) is 6.92 Å². The minimum Gasteiger partial charge on any atom is -0.363 e. The van der Waals surface area contributed by atoms with Crippen LogP contribution in [0.1, 0.15) is 13.8 Å². The smallest absolute Gasteiger partial charge is 0.272 e. The molecule has 0 aromatic rings. The molecule has 0 bridgehead atoms. The Morgan fingerprint density at radius 3 is 2.18 bits per heavy atom. The van der Waals surface area contributed by atoms with E-state index in [1.54, 1.807) is 0 Å². The van der Waals surface area contributed by atoms with Crippen molar-refractivity contribution in [3.8, 4) is 0 Å². The van der Waals surface area contributed by atoms with Crippen molar-refractivity contribution in [2.75, 3.05) is 7.05 Å². The fraction of sp³-hybridized carbons (Fsp3) is 0.667. The zero-order chi connectivity index (χ0) is 9.07. The predicted octanol–water partition coefficient (Wildman–Crippen LogP) is -1.42. The topological polar surface area (TPSA) is 78.4 Å². The van der Waals surface area contributed by atoms with Crippen molar-refractivity contribution in [3.05, 3.63) is 0 Å². The van der Waals surface area contributed by atoms with Crippen LogP contribution in [0.2, 0.25) is 0 Å². The molecule has 0 saturated heterocycles. The molecule has 0 aliphatic heterocycles. The highest BCUT2D eigenvalue weighted by molar-refractivity contribution is 5.88. The molecule has 5 heteroatoms. The molecule has 0 spiro atoms. The van der Waals surface area contributed by atoms with Crippen LogP contribution >= 0.6 is 0 Å². The predicted molar refractivity (Wildman–Crippen MR) is 38.5 cm³/mol. The summed E-state index contributed by atoms with van der Waals surface area (Å²) in [4.78, 5) is 21.2. The maximum atomic E-state index is 10.8. The van der Waals surface area contributed by atoms with Gasteiger partial charge in [0.05, 0.1) is 0 Å². The van der Waals surface area contributed by atoms with Gasteiger partial charge in [-0.2, -0.15) is 0 Å². The monoisotopic (exact) mass is 160 g/mol. The second-order valence-corrected chi connectivity index (χ2v) is 2.33. The van der Waals surface area contributed by atoms with Gasteiger partial charge in [0, 0.05) is 14.0 Å². The number of hydrogen-bond donors (Lipinski definition) is 3. The lowest BCUT2D eigenvalue weighted by molar-refractivity contribution is -0.146. The Hall–Kier alpha value is -1.10. The van der Waals surface area contributed by atoms with Gasteiger partial charge in [0.2, 0.25) is 11.6 Å². The van der Waals surface area contributed by atoms with Crippen LogP contribution in [0, 0.1) is 0 Å². The zero-order valence-corrected chi connectivity index (χ0v) is 6.76. The fourth-order valence-corrected chi connectivity index (χ4v) is 0.643. The minimum absolute atomic E-state index is 0.460. The molecule has 2 amide bonds. The van der Waals surface area contributed by atoms with Crippen molar-refractivity contribution in [1.82, 2.24) is 10.6 Å². The third-order valence-corrected chi connectivity index (χ3v) is 1.09. The van der Waals surface area contributed by atoms with Crippen molar-refractivity contribution in [2.45, 2.75) is 19.6 Å². The summed E-state index contributed by atoms with van der Waals surface area (Å²) in [5.74, 6) is -1.11. The highest BCUT2D eigenvalue weighted by atomic mass is 16.3. The number of nitrogens with one attached hydrogen (secondary N) is 2. The molecule has 0 aromatic carbocycles. The Balaban J connectivity index is 4.21. The maximum absolute atomic E-state index is 10.8. The van der Waals surface area contributed by atoms with E-state index in [2.05, 4.69) is 10.6 Å². The summed E-state index contributed by atoms with van der Waals surface area (Å²) < 4.78 is 0. The van der Waals surface area contributed by atoms with Crippen LogP contribution in [0.25, 0.3) is 0 Å². The zero-order valence-electron chi connectivity index (χ0n) is 6.76. The first kappa shape index (κ1) is 9.90. The summed E-state index contributed by atoms with van der Waals surface area (Å²) in [5.41, 5.74) is -1.82. The van der Waals surface area contributed by atoms with Gasteiger partial charge >= 0.3 is 0 Å². The molecule has 0 unspecified atom stereocenters. The molecule has 5 nitrogen and oxygen atoms in total. The minimum atomic E-state index is -1.82. The first-order chi connectivity index (χ1) is 4.90. The number of amides is 2. The van der Waals surface area contributed by atoms with Crippen molar-refractivity contribution >= 4 is 11.8 Å². The van der Waals surface area contributed by atoms with E-state index in [0.29, 0.717) is 0 Å². The Kier molecular flexibility index (Phi) is 3.00. The summed E-state index contributed by atoms with van der Waals surface area (Å²) in [7, 11) is 1.37. The Morgan fingerprint density at radius 1 is 1.45 bits per heavy atom. The van der Waals surface area contributed by atoms with E-state index in [0.717, 1.165) is 0 Å². The van der Waals surface area contributed by atoms with Gasteiger partial charge in [0.15, 0.2) is 0 Å². The molecule has 64 valence electrons. The SMILES string of the molecule is CNC(=O)[C@@](C)(O)NC(C)=O. The fourth-order valence-electron chi connectivity index (χ4n) is 0.643. The van der Waals surface area contributed by atoms with E-state index in [9.17, 15) is 14.7 Å². The standard InChI is InChI=1S/C6H12N2O3/c1-4(9)8-6(2,11)5(10)7-3/h11H,1-3H3,(H,7,10)(H,8,9)/t6-/m1/s1. The van der Waals surface area contributed by atoms with Gasteiger partial charge in [-0.1, -0.05) is 0 Å². The van der Waals surface area contributed by atoms with E-state index in [4.69, 9.17) is 0 Å². The molecule has 0 aliphatic rings. The van der Waals surface area contributed by atoms with Crippen LogP contribution in [0.4, 0.5) is 0 Å². The molecule has 11 heavy (non-hydrogen) atoms. The van der Waals surface area contributed by atoms with E-state index < -0.39 is 17.5 Å². The van der Waals surface area contributed by atoms with Crippen molar-refractivity contribution < 1.29 is 14.7 Å². The molecule has 0 aliphatic carbocycles. The van der Waals surface area contributed by atoms with E-state index >= 15 is 0 Å². The van der Waals surface area contributed by atoms with Crippen LogP contribution in [0.15, 0.2) is 0 Å². The Labute approximate surface area is 64.8 Å². The maximum Gasteiger partial charge on any atom is 0.272 e. The molecule has 0 fully saturated rings. The van der Waals surface area contributed by atoms with Crippen molar-refractivity contribution in [3.63, 3.8) is 0 Å². The van der Waals surface area contributed by atoms with Gasteiger partial charge in [-0.25, -0.2) is 0 Å².